The SMILES string of the molecule is NCC1(CCc2ccccc2Br)CC1. The van der Waals surface area contributed by atoms with E-state index in [4.69, 9.17) is 5.73 Å². The number of aryl methyl sites for hydroxylation is 1. The summed E-state index contributed by atoms with van der Waals surface area (Å²) in [6.07, 6.45) is 5.05. The van der Waals surface area contributed by atoms with Gasteiger partial charge in [-0.3, -0.25) is 0 Å². The first kappa shape index (κ1) is 10.2. The molecule has 0 amide bonds. The number of rotatable bonds is 4. The van der Waals surface area contributed by atoms with Crippen molar-refractivity contribution >= 4 is 15.9 Å². The lowest BCUT2D eigenvalue weighted by molar-refractivity contribution is 0.478. The minimum atomic E-state index is 0.495. The van der Waals surface area contributed by atoms with E-state index in [1.165, 1.54) is 29.3 Å². The van der Waals surface area contributed by atoms with Crippen molar-refractivity contribution in [2.75, 3.05) is 6.54 Å². The van der Waals surface area contributed by atoms with Crippen LogP contribution in [-0.2, 0) is 6.42 Å². The van der Waals surface area contributed by atoms with Crippen LogP contribution < -0.4 is 5.73 Å². The molecule has 0 saturated heterocycles. The Morgan fingerprint density at radius 2 is 2.00 bits per heavy atom. The molecule has 0 aliphatic heterocycles. The number of hydrogen-bond acceptors (Lipinski definition) is 1. The van der Waals surface area contributed by atoms with Gasteiger partial charge in [-0.15, -0.1) is 0 Å². The molecule has 1 aromatic carbocycles. The second-order valence-corrected chi connectivity index (χ2v) is 5.15. The van der Waals surface area contributed by atoms with Crippen LogP contribution in [0.3, 0.4) is 0 Å². The van der Waals surface area contributed by atoms with Crippen LogP contribution >= 0.6 is 15.9 Å². The molecule has 1 aliphatic rings. The van der Waals surface area contributed by atoms with Gasteiger partial charge < -0.3 is 5.73 Å². The van der Waals surface area contributed by atoms with E-state index in [0.717, 1.165) is 13.0 Å². The van der Waals surface area contributed by atoms with Crippen LogP contribution in [0, 0.1) is 5.41 Å². The Kier molecular flexibility index (Phi) is 2.93. The van der Waals surface area contributed by atoms with Crippen molar-refractivity contribution in [3.8, 4) is 0 Å². The van der Waals surface area contributed by atoms with Crippen LogP contribution in [-0.4, -0.2) is 6.54 Å². The second kappa shape index (κ2) is 4.03. The van der Waals surface area contributed by atoms with Crippen molar-refractivity contribution in [2.45, 2.75) is 25.7 Å². The fourth-order valence-corrected chi connectivity index (χ4v) is 2.32. The molecule has 1 nitrogen and oxygen atoms in total. The molecule has 0 radical (unpaired) electrons. The summed E-state index contributed by atoms with van der Waals surface area (Å²) < 4.78 is 1.23. The molecule has 2 rings (SSSR count). The zero-order valence-electron chi connectivity index (χ0n) is 8.30. The summed E-state index contributed by atoms with van der Waals surface area (Å²) in [6, 6.07) is 8.46. The molecule has 0 spiro atoms. The van der Waals surface area contributed by atoms with Gasteiger partial charge in [0.25, 0.3) is 0 Å². The minimum absolute atomic E-state index is 0.495. The van der Waals surface area contributed by atoms with Crippen molar-refractivity contribution in [3.63, 3.8) is 0 Å². The quantitative estimate of drug-likeness (QED) is 0.877. The molecular formula is C12H16BrN. The summed E-state index contributed by atoms with van der Waals surface area (Å²) in [4.78, 5) is 0. The van der Waals surface area contributed by atoms with Gasteiger partial charge in [0.05, 0.1) is 0 Å². The highest BCUT2D eigenvalue weighted by atomic mass is 79.9. The lowest BCUT2D eigenvalue weighted by atomic mass is 9.97. The molecular weight excluding hydrogens is 238 g/mol. The third-order valence-electron chi connectivity index (χ3n) is 3.27. The Morgan fingerprint density at radius 3 is 2.57 bits per heavy atom. The van der Waals surface area contributed by atoms with Crippen molar-refractivity contribution in [1.82, 2.24) is 0 Å². The van der Waals surface area contributed by atoms with Crippen LogP contribution in [0.5, 0.6) is 0 Å². The van der Waals surface area contributed by atoms with Gasteiger partial charge in [-0.1, -0.05) is 34.1 Å². The van der Waals surface area contributed by atoms with Gasteiger partial charge in [0.2, 0.25) is 0 Å². The van der Waals surface area contributed by atoms with E-state index in [9.17, 15) is 0 Å². The summed E-state index contributed by atoms with van der Waals surface area (Å²) in [5.41, 5.74) is 7.66. The third kappa shape index (κ3) is 2.18. The number of halogens is 1. The van der Waals surface area contributed by atoms with Crippen molar-refractivity contribution < 1.29 is 0 Å². The summed E-state index contributed by atoms with van der Waals surface area (Å²) in [5.74, 6) is 0. The first-order chi connectivity index (χ1) is 6.76. The highest BCUT2D eigenvalue weighted by Gasteiger charge is 2.40. The maximum absolute atomic E-state index is 5.76. The normalized spacial score (nSPS) is 18.1. The van der Waals surface area contributed by atoms with Gasteiger partial charge in [-0.25, -0.2) is 0 Å². The molecule has 1 fully saturated rings. The Hall–Kier alpha value is -0.340. The average molecular weight is 254 g/mol. The molecule has 0 atom stereocenters. The molecule has 0 aromatic heterocycles. The molecule has 0 unspecified atom stereocenters. The van der Waals surface area contributed by atoms with Crippen molar-refractivity contribution in [1.29, 1.82) is 0 Å². The first-order valence-electron chi connectivity index (χ1n) is 5.19. The lowest BCUT2D eigenvalue weighted by Gasteiger charge is -2.12. The van der Waals surface area contributed by atoms with E-state index in [2.05, 4.69) is 40.2 Å². The van der Waals surface area contributed by atoms with E-state index in [1.807, 2.05) is 0 Å². The maximum atomic E-state index is 5.76. The van der Waals surface area contributed by atoms with Gasteiger partial charge in [-0.2, -0.15) is 0 Å². The van der Waals surface area contributed by atoms with Crippen molar-refractivity contribution in [2.24, 2.45) is 11.1 Å². The van der Waals surface area contributed by atoms with E-state index in [1.54, 1.807) is 0 Å². The standard InChI is InChI=1S/C12H16BrN/c13-11-4-2-1-3-10(11)5-6-12(9-14)7-8-12/h1-4H,5-9,14H2. The highest BCUT2D eigenvalue weighted by Crippen LogP contribution is 2.48. The molecule has 1 aromatic rings. The van der Waals surface area contributed by atoms with E-state index in [0.29, 0.717) is 5.41 Å². The zero-order valence-corrected chi connectivity index (χ0v) is 9.89. The van der Waals surface area contributed by atoms with Crippen LogP contribution in [0.2, 0.25) is 0 Å². The zero-order chi connectivity index (χ0) is 10.0. The summed E-state index contributed by atoms with van der Waals surface area (Å²) in [7, 11) is 0. The van der Waals surface area contributed by atoms with Gasteiger partial charge in [0, 0.05) is 4.47 Å². The predicted molar refractivity (Wildman–Crippen MR) is 63.2 cm³/mol. The molecule has 1 aliphatic carbocycles. The van der Waals surface area contributed by atoms with Crippen LogP contribution in [0.4, 0.5) is 0 Å². The van der Waals surface area contributed by atoms with E-state index >= 15 is 0 Å². The van der Waals surface area contributed by atoms with Crippen molar-refractivity contribution in [3.05, 3.63) is 34.3 Å². The molecule has 2 heteroatoms. The summed E-state index contributed by atoms with van der Waals surface area (Å²) in [5, 5.41) is 0. The highest BCUT2D eigenvalue weighted by molar-refractivity contribution is 9.10. The smallest absolute Gasteiger partial charge is 0.0207 e. The van der Waals surface area contributed by atoms with Gasteiger partial charge >= 0.3 is 0 Å². The number of benzene rings is 1. The molecule has 14 heavy (non-hydrogen) atoms. The van der Waals surface area contributed by atoms with Gasteiger partial charge in [0.1, 0.15) is 0 Å². The minimum Gasteiger partial charge on any atom is -0.330 e. The fraction of sp³-hybridized carbons (Fsp3) is 0.500. The lowest BCUT2D eigenvalue weighted by Crippen LogP contribution is -2.16. The van der Waals surface area contributed by atoms with Gasteiger partial charge in [0.15, 0.2) is 0 Å². The Morgan fingerprint density at radius 1 is 1.29 bits per heavy atom. The van der Waals surface area contributed by atoms with Crippen LogP contribution in [0.25, 0.3) is 0 Å². The Bertz CT molecular complexity index is 318. The van der Waals surface area contributed by atoms with Crippen LogP contribution in [0.15, 0.2) is 28.7 Å². The largest absolute Gasteiger partial charge is 0.330 e. The van der Waals surface area contributed by atoms with E-state index in [-0.39, 0.29) is 0 Å². The molecule has 1 saturated carbocycles. The topological polar surface area (TPSA) is 26.0 Å². The summed E-state index contributed by atoms with van der Waals surface area (Å²) in [6.45, 7) is 0.859. The Labute approximate surface area is 93.8 Å². The number of hydrogen-bond donors (Lipinski definition) is 1. The molecule has 2 N–H and O–H groups in total. The predicted octanol–water partition coefficient (Wildman–Crippen LogP) is 3.12. The molecule has 0 heterocycles. The monoisotopic (exact) mass is 253 g/mol. The molecule has 76 valence electrons. The van der Waals surface area contributed by atoms with Crippen LogP contribution in [0.1, 0.15) is 24.8 Å². The number of nitrogens with two attached hydrogens (primary N) is 1. The summed E-state index contributed by atoms with van der Waals surface area (Å²) >= 11 is 3.58. The third-order valence-corrected chi connectivity index (χ3v) is 4.05. The fourth-order valence-electron chi connectivity index (χ4n) is 1.83. The maximum Gasteiger partial charge on any atom is 0.0207 e. The van der Waals surface area contributed by atoms with Gasteiger partial charge in [-0.05, 0) is 49.3 Å². The Balaban J connectivity index is 1.95. The molecule has 0 bridgehead atoms. The van der Waals surface area contributed by atoms with E-state index < -0.39 is 0 Å². The second-order valence-electron chi connectivity index (χ2n) is 4.30. The average Bonchev–Trinajstić information content (AvgIpc) is 2.98. The first-order valence-corrected chi connectivity index (χ1v) is 5.99.